The van der Waals surface area contributed by atoms with E-state index in [2.05, 4.69) is 9.97 Å². The SMILES string of the molecule is Fc1ccc(-c2nc(C(S)c3ccccc3)[nH]c2-c2ccncc2)cc1. The third-order valence-electron chi connectivity index (χ3n) is 4.18. The van der Waals surface area contributed by atoms with Crippen molar-refractivity contribution in [3.63, 3.8) is 0 Å². The number of rotatable bonds is 4. The Balaban J connectivity index is 1.84. The first-order valence-electron chi connectivity index (χ1n) is 8.21. The van der Waals surface area contributed by atoms with Gasteiger partial charge in [0.15, 0.2) is 0 Å². The van der Waals surface area contributed by atoms with E-state index in [-0.39, 0.29) is 11.1 Å². The van der Waals surface area contributed by atoms with Gasteiger partial charge in [-0.1, -0.05) is 30.3 Å². The van der Waals surface area contributed by atoms with Gasteiger partial charge in [0.25, 0.3) is 0 Å². The predicted molar refractivity (Wildman–Crippen MR) is 104 cm³/mol. The molecule has 0 aliphatic carbocycles. The molecule has 0 amide bonds. The van der Waals surface area contributed by atoms with Crippen LogP contribution in [0.1, 0.15) is 16.6 Å². The second kappa shape index (κ2) is 7.14. The second-order valence-corrected chi connectivity index (χ2v) is 6.42. The van der Waals surface area contributed by atoms with Crippen LogP contribution >= 0.6 is 12.6 Å². The van der Waals surface area contributed by atoms with Crippen molar-refractivity contribution in [2.24, 2.45) is 0 Å². The largest absolute Gasteiger partial charge is 0.340 e. The number of hydrogen-bond donors (Lipinski definition) is 2. The van der Waals surface area contributed by atoms with Crippen LogP contribution in [0.3, 0.4) is 0 Å². The molecule has 0 aliphatic heterocycles. The first-order valence-corrected chi connectivity index (χ1v) is 8.73. The number of hydrogen-bond acceptors (Lipinski definition) is 3. The van der Waals surface area contributed by atoms with Gasteiger partial charge in [-0.3, -0.25) is 4.98 Å². The lowest BCUT2D eigenvalue weighted by molar-refractivity contribution is 0.628. The van der Waals surface area contributed by atoms with Crippen molar-refractivity contribution in [1.82, 2.24) is 15.0 Å². The van der Waals surface area contributed by atoms with Crippen LogP contribution in [0.2, 0.25) is 0 Å². The fourth-order valence-electron chi connectivity index (χ4n) is 2.86. The number of benzene rings is 2. The Hall–Kier alpha value is -2.92. The number of halogens is 1. The standard InChI is InChI=1S/C21H16FN3S/c22-17-8-6-14(7-9-17)18-19(15-10-12-23-13-11-15)25-21(24-18)20(26)16-4-2-1-3-5-16/h1-13,20,26H,(H,24,25). The molecule has 5 heteroatoms. The molecule has 4 rings (SSSR count). The minimum absolute atomic E-state index is 0.189. The Morgan fingerprint density at radius 3 is 2.23 bits per heavy atom. The maximum Gasteiger partial charge on any atom is 0.124 e. The zero-order valence-electron chi connectivity index (χ0n) is 13.8. The van der Waals surface area contributed by atoms with Crippen molar-refractivity contribution in [1.29, 1.82) is 0 Å². The van der Waals surface area contributed by atoms with Crippen LogP contribution in [0.15, 0.2) is 79.1 Å². The van der Waals surface area contributed by atoms with E-state index in [0.717, 1.165) is 33.9 Å². The van der Waals surface area contributed by atoms with E-state index < -0.39 is 0 Å². The molecule has 1 unspecified atom stereocenters. The Labute approximate surface area is 156 Å². The zero-order valence-corrected chi connectivity index (χ0v) is 14.7. The van der Waals surface area contributed by atoms with Crippen molar-refractivity contribution in [3.8, 4) is 22.5 Å². The summed E-state index contributed by atoms with van der Waals surface area (Å²) in [5.41, 5.74) is 4.49. The molecule has 0 aliphatic rings. The first kappa shape index (κ1) is 16.5. The van der Waals surface area contributed by atoms with E-state index in [9.17, 15) is 4.39 Å². The van der Waals surface area contributed by atoms with Crippen LogP contribution < -0.4 is 0 Å². The summed E-state index contributed by atoms with van der Waals surface area (Å²) in [5, 5.41) is -0.189. The molecule has 1 atom stereocenters. The highest BCUT2D eigenvalue weighted by Crippen LogP contribution is 2.34. The Kier molecular flexibility index (Phi) is 4.54. The van der Waals surface area contributed by atoms with Crippen molar-refractivity contribution in [2.75, 3.05) is 0 Å². The first-order chi connectivity index (χ1) is 12.7. The average Bonchev–Trinajstić information content (AvgIpc) is 3.15. The molecule has 3 nitrogen and oxygen atoms in total. The monoisotopic (exact) mass is 361 g/mol. The molecule has 2 heterocycles. The number of nitrogens with one attached hydrogen (secondary N) is 1. The zero-order chi connectivity index (χ0) is 17.9. The van der Waals surface area contributed by atoms with Gasteiger partial charge in [-0.25, -0.2) is 9.37 Å². The fourth-order valence-corrected chi connectivity index (χ4v) is 3.15. The van der Waals surface area contributed by atoms with Crippen LogP contribution in [0.25, 0.3) is 22.5 Å². The highest BCUT2D eigenvalue weighted by atomic mass is 32.1. The van der Waals surface area contributed by atoms with Crippen LogP contribution in [-0.4, -0.2) is 15.0 Å². The van der Waals surface area contributed by atoms with Crippen molar-refractivity contribution >= 4 is 12.6 Å². The Bertz CT molecular complexity index is 999. The summed E-state index contributed by atoms with van der Waals surface area (Å²) < 4.78 is 13.3. The third kappa shape index (κ3) is 3.26. The number of aromatic nitrogens is 3. The molecule has 0 radical (unpaired) electrons. The van der Waals surface area contributed by atoms with Gasteiger partial charge in [0.1, 0.15) is 11.6 Å². The Morgan fingerprint density at radius 1 is 0.846 bits per heavy atom. The highest BCUT2D eigenvalue weighted by molar-refractivity contribution is 7.80. The van der Waals surface area contributed by atoms with Crippen molar-refractivity contribution in [2.45, 2.75) is 5.25 Å². The third-order valence-corrected chi connectivity index (χ3v) is 4.73. The molecule has 26 heavy (non-hydrogen) atoms. The van der Waals surface area contributed by atoms with Crippen LogP contribution in [0.5, 0.6) is 0 Å². The minimum atomic E-state index is -0.272. The molecular weight excluding hydrogens is 345 g/mol. The van der Waals surface area contributed by atoms with E-state index in [0.29, 0.717) is 0 Å². The predicted octanol–water partition coefficient (Wildman–Crippen LogP) is 5.30. The number of pyridine rings is 1. The van der Waals surface area contributed by atoms with Gasteiger partial charge in [0.2, 0.25) is 0 Å². The molecule has 128 valence electrons. The van der Waals surface area contributed by atoms with E-state index in [1.54, 1.807) is 24.5 Å². The summed E-state index contributed by atoms with van der Waals surface area (Å²) in [6, 6.07) is 20.1. The second-order valence-electron chi connectivity index (χ2n) is 5.90. The Morgan fingerprint density at radius 2 is 1.54 bits per heavy atom. The highest BCUT2D eigenvalue weighted by Gasteiger charge is 2.19. The number of H-pyrrole nitrogens is 1. The summed E-state index contributed by atoms with van der Waals surface area (Å²) in [4.78, 5) is 12.3. The summed E-state index contributed by atoms with van der Waals surface area (Å²) in [6.45, 7) is 0. The van der Waals surface area contributed by atoms with E-state index in [1.807, 2.05) is 42.5 Å². The lowest BCUT2D eigenvalue weighted by atomic mass is 10.1. The molecule has 2 aromatic carbocycles. The van der Waals surface area contributed by atoms with Gasteiger partial charge >= 0.3 is 0 Å². The van der Waals surface area contributed by atoms with Gasteiger partial charge < -0.3 is 4.98 Å². The van der Waals surface area contributed by atoms with Gasteiger partial charge in [0, 0.05) is 23.5 Å². The molecule has 0 bridgehead atoms. The van der Waals surface area contributed by atoms with E-state index in [1.165, 1.54) is 12.1 Å². The summed E-state index contributed by atoms with van der Waals surface area (Å²) in [7, 11) is 0. The molecule has 0 spiro atoms. The lowest BCUT2D eigenvalue weighted by Crippen LogP contribution is -1.95. The molecule has 4 aromatic rings. The maximum absolute atomic E-state index is 13.3. The maximum atomic E-state index is 13.3. The molecule has 0 saturated carbocycles. The normalized spacial score (nSPS) is 12.1. The summed E-state index contributed by atoms with van der Waals surface area (Å²) in [6.07, 6.45) is 3.47. The smallest absolute Gasteiger partial charge is 0.124 e. The van der Waals surface area contributed by atoms with Gasteiger partial charge in [-0.05, 0) is 42.0 Å². The minimum Gasteiger partial charge on any atom is -0.340 e. The van der Waals surface area contributed by atoms with Crippen molar-refractivity contribution in [3.05, 3.63) is 96.3 Å². The number of thiol groups is 1. The quantitative estimate of drug-likeness (QED) is 0.485. The van der Waals surface area contributed by atoms with Crippen LogP contribution in [-0.2, 0) is 0 Å². The van der Waals surface area contributed by atoms with Gasteiger partial charge in [-0.2, -0.15) is 12.6 Å². The van der Waals surface area contributed by atoms with Crippen LogP contribution in [0, 0.1) is 5.82 Å². The number of aromatic amines is 1. The molecule has 1 N–H and O–H groups in total. The van der Waals surface area contributed by atoms with Crippen molar-refractivity contribution < 1.29 is 4.39 Å². The molecular formula is C21H16FN3S. The molecule has 0 saturated heterocycles. The van der Waals surface area contributed by atoms with Gasteiger partial charge in [0.05, 0.1) is 16.6 Å². The summed E-state index contributed by atoms with van der Waals surface area (Å²) in [5.74, 6) is 0.469. The number of imidazole rings is 1. The average molecular weight is 361 g/mol. The number of nitrogens with zero attached hydrogens (tertiary/aromatic N) is 2. The van der Waals surface area contributed by atoms with Crippen LogP contribution in [0.4, 0.5) is 4.39 Å². The fraction of sp³-hybridized carbons (Fsp3) is 0.0476. The molecule has 2 aromatic heterocycles. The lowest BCUT2D eigenvalue weighted by Gasteiger charge is -2.07. The van der Waals surface area contributed by atoms with Gasteiger partial charge in [-0.15, -0.1) is 0 Å². The topological polar surface area (TPSA) is 41.6 Å². The van der Waals surface area contributed by atoms with E-state index in [4.69, 9.17) is 17.6 Å². The summed E-state index contributed by atoms with van der Waals surface area (Å²) >= 11 is 4.74. The van der Waals surface area contributed by atoms with E-state index >= 15 is 0 Å². The molecule has 0 fully saturated rings.